The Morgan fingerprint density at radius 3 is 2.62 bits per heavy atom. The van der Waals surface area contributed by atoms with Gasteiger partial charge in [0.15, 0.2) is 5.78 Å². The third-order valence-corrected chi connectivity index (χ3v) is 2.29. The molecule has 1 aromatic carbocycles. The number of carbonyl (C=O) groups excluding carboxylic acids is 1. The average Bonchev–Trinajstić information content (AvgIpc) is 2.35. The number of hydrogen-bond donors (Lipinski definition) is 1. The first-order chi connectivity index (χ1) is 7.70. The summed E-state index contributed by atoms with van der Waals surface area (Å²) >= 11 is 0. The smallest absolute Gasteiger partial charge is 0.174 e. The molecular weight excluding hydrogens is 206 g/mol. The van der Waals surface area contributed by atoms with Crippen molar-refractivity contribution in [2.75, 3.05) is 0 Å². The van der Waals surface area contributed by atoms with Gasteiger partial charge in [0.2, 0.25) is 0 Å². The molecule has 0 amide bonds. The molecule has 0 aromatic heterocycles. The summed E-state index contributed by atoms with van der Waals surface area (Å²) in [6, 6.07) is 7.44. The van der Waals surface area contributed by atoms with Gasteiger partial charge in [0.1, 0.15) is 6.04 Å². The van der Waals surface area contributed by atoms with Gasteiger partial charge >= 0.3 is 0 Å². The lowest BCUT2D eigenvalue weighted by atomic mass is 9.99. The highest BCUT2D eigenvalue weighted by molar-refractivity contribution is 6.00. The van der Waals surface area contributed by atoms with Crippen LogP contribution >= 0.6 is 0 Å². The monoisotopic (exact) mass is 219 g/mol. The first-order valence-electron chi connectivity index (χ1n) is 5.02. The zero-order valence-electron chi connectivity index (χ0n) is 8.95. The lowest BCUT2D eigenvalue weighted by molar-refractivity contribution is 0.0812. The molecule has 0 aliphatic heterocycles. The van der Waals surface area contributed by atoms with E-state index in [2.05, 4.69) is 10.0 Å². The second kappa shape index (κ2) is 5.90. The highest BCUT2D eigenvalue weighted by Crippen LogP contribution is 2.12. The Morgan fingerprint density at radius 2 is 2.12 bits per heavy atom. The van der Waals surface area contributed by atoms with Gasteiger partial charge in [-0.1, -0.05) is 42.4 Å². The summed E-state index contributed by atoms with van der Waals surface area (Å²) in [5.74, 6) is -0.354. The Hall–Kier alpha value is -1.84. The number of aliphatic hydroxyl groups is 1. The number of ketones is 1. The third kappa shape index (κ3) is 2.82. The van der Waals surface area contributed by atoms with Crippen molar-refractivity contribution in [3.8, 4) is 0 Å². The van der Waals surface area contributed by atoms with E-state index in [0.717, 1.165) is 0 Å². The number of benzene rings is 1. The molecule has 2 unspecified atom stereocenters. The van der Waals surface area contributed by atoms with Crippen LogP contribution in [0.15, 0.2) is 35.4 Å². The van der Waals surface area contributed by atoms with Gasteiger partial charge in [-0.05, 0) is 12.0 Å². The van der Waals surface area contributed by atoms with Gasteiger partial charge in [-0.25, -0.2) is 0 Å². The second-order valence-corrected chi connectivity index (χ2v) is 3.36. The Morgan fingerprint density at radius 1 is 1.50 bits per heavy atom. The van der Waals surface area contributed by atoms with Crippen molar-refractivity contribution < 1.29 is 9.90 Å². The van der Waals surface area contributed by atoms with E-state index in [9.17, 15) is 9.90 Å². The average molecular weight is 219 g/mol. The van der Waals surface area contributed by atoms with Crippen molar-refractivity contribution in [2.45, 2.75) is 25.5 Å². The fraction of sp³-hybridized carbons (Fsp3) is 0.364. The minimum Gasteiger partial charge on any atom is -0.392 e. The van der Waals surface area contributed by atoms with E-state index >= 15 is 0 Å². The van der Waals surface area contributed by atoms with E-state index in [1.807, 2.05) is 0 Å². The molecule has 5 heteroatoms. The minimum absolute atomic E-state index is 0.354. The summed E-state index contributed by atoms with van der Waals surface area (Å²) in [6.07, 6.45) is -0.578. The Kier molecular flexibility index (Phi) is 4.51. The number of aliphatic hydroxyl groups excluding tert-OH is 1. The third-order valence-electron chi connectivity index (χ3n) is 2.29. The van der Waals surface area contributed by atoms with E-state index in [1.165, 1.54) is 0 Å². The van der Waals surface area contributed by atoms with Crippen molar-refractivity contribution in [3.05, 3.63) is 46.3 Å². The predicted octanol–water partition coefficient (Wildman–Crippen LogP) is 2.32. The quantitative estimate of drug-likeness (QED) is 0.356. The van der Waals surface area contributed by atoms with Crippen molar-refractivity contribution in [1.82, 2.24) is 0 Å². The maximum absolute atomic E-state index is 11.9. The molecule has 1 aromatic rings. The number of Topliss-reactive ketones (excluding diaryl/α,β-unsaturated/α-hetero) is 1. The molecule has 1 rings (SSSR count). The first kappa shape index (κ1) is 12.2. The summed E-state index contributed by atoms with van der Waals surface area (Å²) in [4.78, 5) is 14.5. The topological polar surface area (TPSA) is 86.1 Å². The van der Waals surface area contributed by atoms with Crippen molar-refractivity contribution >= 4 is 5.78 Å². The van der Waals surface area contributed by atoms with E-state index < -0.39 is 12.1 Å². The van der Waals surface area contributed by atoms with Crippen LogP contribution in [0.1, 0.15) is 23.7 Å². The van der Waals surface area contributed by atoms with Gasteiger partial charge in [0.05, 0.1) is 6.10 Å². The zero-order valence-corrected chi connectivity index (χ0v) is 8.95. The highest BCUT2D eigenvalue weighted by Gasteiger charge is 2.25. The van der Waals surface area contributed by atoms with Crippen LogP contribution in [0.5, 0.6) is 0 Å². The van der Waals surface area contributed by atoms with Crippen molar-refractivity contribution in [1.29, 1.82) is 0 Å². The van der Waals surface area contributed by atoms with Gasteiger partial charge in [-0.2, -0.15) is 0 Å². The second-order valence-electron chi connectivity index (χ2n) is 3.36. The van der Waals surface area contributed by atoms with Gasteiger partial charge in [-0.15, -0.1) is 0 Å². The minimum atomic E-state index is -1.04. The van der Waals surface area contributed by atoms with Crippen LogP contribution in [-0.2, 0) is 0 Å². The molecule has 0 fully saturated rings. The van der Waals surface area contributed by atoms with Crippen LogP contribution in [0.25, 0.3) is 10.4 Å². The molecule has 16 heavy (non-hydrogen) atoms. The summed E-state index contributed by atoms with van der Waals surface area (Å²) in [6.45, 7) is 1.73. The fourth-order valence-electron chi connectivity index (χ4n) is 1.36. The zero-order chi connectivity index (χ0) is 12.0. The van der Waals surface area contributed by atoms with Crippen LogP contribution < -0.4 is 0 Å². The Balaban J connectivity index is 2.96. The van der Waals surface area contributed by atoms with E-state index in [1.54, 1.807) is 37.3 Å². The molecule has 0 saturated carbocycles. The van der Waals surface area contributed by atoms with E-state index in [-0.39, 0.29) is 5.78 Å². The first-order valence-corrected chi connectivity index (χ1v) is 5.02. The number of nitrogens with zero attached hydrogens (tertiary/aromatic N) is 3. The number of azide groups is 1. The van der Waals surface area contributed by atoms with Crippen molar-refractivity contribution in [2.24, 2.45) is 5.11 Å². The Labute approximate surface area is 93.3 Å². The lowest BCUT2D eigenvalue weighted by Gasteiger charge is -2.15. The van der Waals surface area contributed by atoms with Gasteiger partial charge in [0.25, 0.3) is 0 Å². The number of hydrogen-bond acceptors (Lipinski definition) is 3. The largest absolute Gasteiger partial charge is 0.392 e. The summed E-state index contributed by atoms with van der Waals surface area (Å²) < 4.78 is 0. The van der Waals surface area contributed by atoms with Crippen LogP contribution in [0.4, 0.5) is 0 Å². The predicted molar refractivity (Wildman–Crippen MR) is 60.0 cm³/mol. The molecule has 0 heterocycles. The molecular formula is C11H13N3O2. The Bertz CT molecular complexity index is 399. The van der Waals surface area contributed by atoms with Crippen molar-refractivity contribution in [3.63, 3.8) is 0 Å². The fourth-order valence-corrected chi connectivity index (χ4v) is 1.36. The van der Waals surface area contributed by atoms with Crippen LogP contribution in [0, 0.1) is 0 Å². The molecule has 0 bridgehead atoms. The SMILES string of the molecule is CCC(O)C(N=[N+]=[N-])C(=O)c1ccccc1. The van der Waals surface area contributed by atoms with Crippen LogP contribution in [0.2, 0.25) is 0 Å². The number of carbonyl (C=O) groups is 1. The molecule has 0 aliphatic rings. The molecule has 0 saturated heterocycles. The normalized spacial score (nSPS) is 13.6. The van der Waals surface area contributed by atoms with Gasteiger partial charge in [0, 0.05) is 10.5 Å². The molecule has 0 spiro atoms. The van der Waals surface area contributed by atoms with E-state index in [0.29, 0.717) is 12.0 Å². The van der Waals surface area contributed by atoms with Crippen LogP contribution in [0.3, 0.4) is 0 Å². The lowest BCUT2D eigenvalue weighted by Crippen LogP contribution is -2.31. The van der Waals surface area contributed by atoms with E-state index in [4.69, 9.17) is 5.53 Å². The number of rotatable bonds is 5. The standard InChI is InChI=1S/C11H13N3O2/c1-2-9(15)10(13-14-12)11(16)8-6-4-3-5-7-8/h3-7,9-10,15H,2H2,1H3. The van der Waals surface area contributed by atoms with Gasteiger partial charge in [-0.3, -0.25) is 4.79 Å². The molecule has 1 N–H and O–H groups in total. The maximum Gasteiger partial charge on any atom is 0.174 e. The maximum atomic E-state index is 11.9. The summed E-state index contributed by atoms with van der Waals surface area (Å²) in [7, 11) is 0. The molecule has 2 atom stereocenters. The van der Waals surface area contributed by atoms with Crippen LogP contribution in [-0.4, -0.2) is 23.0 Å². The summed E-state index contributed by atoms with van der Waals surface area (Å²) in [5, 5.41) is 12.9. The molecule has 0 aliphatic carbocycles. The summed E-state index contributed by atoms with van der Waals surface area (Å²) in [5.41, 5.74) is 8.81. The van der Waals surface area contributed by atoms with Gasteiger partial charge < -0.3 is 5.11 Å². The molecule has 84 valence electrons. The molecule has 0 radical (unpaired) electrons. The highest BCUT2D eigenvalue weighted by atomic mass is 16.3. The molecule has 5 nitrogen and oxygen atoms in total.